The maximum atomic E-state index is 12.7. The van der Waals surface area contributed by atoms with Gasteiger partial charge in [0.25, 0.3) is 15.9 Å². The van der Waals surface area contributed by atoms with Crippen LogP contribution in [0, 0.1) is 0 Å². The fourth-order valence-corrected chi connectivity index (χ4v) is 5.43. The number of amides is 1. The van der Waals surface area contributed by atoms with Crippen molar-refractivity contribution in [2.45, 2.75) is 31.6 Å². The minimum Gasteiger partial charge on any atom is -0.336 e. The van der Waals surface area contributed by atoms with Gasteiger partial charge < -0.3 is 15.5 Å². The first kappa shape index (κ1) is 29.0. The maximum Gasteiger partial charge on any atom is 0.261 e. The number of rotatable bonds is 6. The largest absolute Gasteiger partial charge is 0.336 e. The number of aliphatic imine (C=N–C) groups is 2. The molecule has 1 saturated heterocycles. The van der Waals surface area contributed by atoms with E-state index in [0.29, 0.717) is 36.8 Å². The summed E-state index contributed by atoms with van der Waals surface area (Å²) in [7, 11) is -3.65. The molecule has 5 rings (SSSR count). The van der Waals surface area contributed by atoms with Crippen LogP contribution in [0.5, 0.6) is 0 Å². The lowest BCUT2D eigenvalue weighted by Gasteiger charge is -2.27. The molecular weight excluding hydrogens is 524 g/mol. The molecule has 3 aromatic carbocycles. The summed E-state index contributed by atoms with van der Waals surface area (Å²) in [6.45, 7) is 7.71. The van der Waals surface area contributed by atoms with Crippen LogP contribution in [0.2, 0.25) is 0 Å². The predicted molar refractivity (Wildman–Crippen MR) is 162 cm³/mol. The molecule has 0 atom stereocenters. The zero-order valence-corrected chi connectivity index (χ0v) is 23.7. The number of sulfonamides is 1. The third-order valence-corrected chi connectivity index (χ3v) is 7.79. The summed E-state index contributed by atoms with van der Waals surface area (Å²) in [5.74, 6) is 0.548. The smallest absolute Gasteiger partial charge is 0.261 e. The Labute approximate surface area is 236 Å². The van der Waals surface area contributed by atoms with Gasteiger partial charge in [0.2, 0.25) is 5.96 Å². The van der Waals surface area contributed by atoms with E-state index in [2.05, 4.69) is 20.3 Å². The van der Waals surface area contributed by atoms with Crippen LogP contribution in [0.15, 0.2) is 93.7 Å². The Kier molecular flexibility index (Phi) is 10.0. The molecule has 1 fully saturated rings. The molecule has 3 aromatic rings. The monoisotopic (exact) mass is 560 g/mol. The van der Waals surface area contributed by atoms with Gasteiger partial charge in [0.15, 0.2) is 0 Å². The van der Waals surface area contributed by atoms with Crippen molar-refractivity contribution < 1.29 is 13.2 Å². The Hall–Kier alpha value is -4.02. The van der Waals surface area contributed by atoms with E-state index in [4.69, 9.17) is 4.99 Å². The van der Waals surface area contributed by atoms with Crippen LogP contribution < -0.4 is 15.4 Å². The van der Waals surface area contributed by atoms with Crippen molar-refractivity contribution in [3.63, 3.8) is 0 Å². The average Bonchev–Trinajstić information content (AvgIpc) is 3.25. The van der Waals surface area contributed by atoms with Gasteiger partial charge in [-0.1, -0.05) is 44.2 Å². The Bertz CT molecular complexity index is 1430. The van der Waals surface area contributed by atoms with Gasteiger partial charge in [0, 0.05) is 49.7 Å². The second-order valence-corrected chi connectivity index (χ2v) is 10.8. The maximum absolute atomic E-state index is 12.7. The first-order valence-corrected chi connectivity index (χ1v) is 15.1. The number of carbonyl (C=O) groups excluding carboxylic acids is 1. The van der Waals surface area contributed by atoms with Crippen molar-refractivity contribution in [1.29, 1.82) is 0 Å². The van der Waals surface area contributed by atoms with Crippen LogP contribution in [0.3, 0.4) is 0 Å². The van der Waals surface area contributed by atoms with Gasteiger partial charge >= 0.3 is 0 Å². The highest BCUT2D eigenvalue weighted by Crippen LogP contribution is 2.19. The molecule has 0 spiro atoms. The van der Waals surface area contributed by atoms with E-state index in [1.165, 1.54) is 0 Å². The molecule has 0 saturated carbocycles. The Balaban J connectivity index is 0.00000181. The summed E-state index contributed by atoms with van der Waals surface area (Å²) in [4.78, 5) is 24.1. The van der Waals surface area contributed by atoms with Gasteiger partial charge in [0.1, 0.15) is 0 Å². The third-order valence-electron chi connectivity index (χ3n) is 6.39. The molecule has 0 unspecified atom stereocenters. The van der Waals surface area contributed by atoms with Crippen LogP contribution in [-0.4, -0.2) is 63.6 Å². The minimum absolute atomic E-state index is 0.0414. The van der Waals surface area contributed by atoms with Crippen LogP contribution in [0.4, 0.5) is 11.4 Å². The van der Waals surface area contributed by atoms with Crippen LogP contribution in [0.1, 0.15) is 42.6 Å². The zero-order valence-electron chi connectivity index (χ0n) is 22.9. The second kappa shape index (κ2) is 13.9. The minimum atomic E-state index is -3.65. The topological polar surface area (TPSA) is 115 Å². The van der Waals surface area contributed by atoms with Crippen LogP contribution in [-0.2, 0) is 10.0 Å². The number of anilines is 2. The number of benzene rings is 3. The highest BCUT2D eigenvalue weighted by atomic mass is 32.2. The molecule has 10 heteroatoms. The van der Waals surface area contributed by atoms with E-state index < -0.39 is 10.0 Å². The normalized spacial score (nSPS) is 15.5. The second-order valence-electron chi connectivity index (χ2n) is 9.11. The van der Waals surface area contributed by atoms with Gasteiger partial charge in [-0.3, -0.25) is 14.5 Å². The molecule has 3 N–H and O–H groups in total. The number of hydrogen-bond donors (Lipinski definition) is 3. The lowest BCUT2D eigenvalue weighted by atomic mass is 10.1. The molecule has 9 nitrogen and oxygen atoms in total. The van der Waals surface area contributed by atoms with Crippen molar-refractivity contribution in [2.75, 3.05) is 42.8 Å². The molecule has 0 bridgehead atoms. The summed E-state index contributed by atoms with van der Waals surface area (Å²) in [5, 5.41) is 6.52. The van der Waals surface area contributed by atoms with Gasteiger partial charge in [0.05, 0.1) is 10.6 Å². The van der Waals surface area contributed by atoms with E-state index >= 15 is 0 Å². The van der Waals surface area contributed by atoms with E-state index in [-0.39, 0.29) is 10.8 Å². The fourth-order valence-electron chi connectivity index (χ4n) is 4.35. The summed E-state index contributed by atoms with van der Waals surface area (Å²) in [6, 6.07) is 22.9. The number of carbonyl (C=O) groups is 1. The number of piperazine rings is 1. The molecule has 210 valence electrons. The third kappa shape index (κ3) is 7.55. The van der Waals surface area contributed by atoms with Crippen molar-refractivity contribution in [3.05, 3.63) is 90.0 Å². The first-order valence-electron chi connectivity index (χ1n) is 13.7. The lowest BCUT2D eigenvalue weighted by molar-refractivity contribution is 0.0736. The molecule has 2 aliphatic heterocycles. The molecule has 0 aliphatic carbocycles. The van der Waals surface area contributed by atoms with Crippen molar-refractivity contribution >= 4 is 39.0 Å². The van der Waals surface area contributed by atoms with E-state index in [1.54, 1.807) is 42.5 Å². The van der Waals surface area contributed by atoms with E-state index in [1.807, 2.05) is 55.1 Å². The summed E-state index contributed by atoms with van der Waals surface area (Å²) in [6.07, 6.45) is 1.60. The Morgan fingerprint density at radius 1 is 0.875 bits per heavy atom. The summed E-state index contributed by atoms with van der Waals surface area (Å²) in [5.41, 5.74) is 3.72. The molecule has 0 radical (unpaired) electrons. The lowest BCUT2D eigenvalue weighted by Crippen LogP contribution is -2.46. The van der Waals surface area contributed by atoms with Crippen molar-refractivity contribution in [1.82, 2.24) is 10.2 Å². The average molecular weight is 561 g/mol. The number of nitrogens with one attached hydrogen (secondary N) is 3. The fraction of sp³-hybridized carbons (Fsp3) is 0.300. The quantitative estimate of drug-likeness (QED) is 0.407. The number of hydrogen-bond acceptors (Lipinski definition) is 7. The predicted octanol–water partition coefficient (Wildman–Crippen LogP) is 4.61. The summed E-state index contributed by atoms with van der Waals surface area (Å²) < 4.78 is 27.8. The van der Waals surface area contributed by atoms with Gasteiger partial charge in [-0.25, -0.2) is 13.4 Å². The van der Waals surface area contributed by atoms with Crippen molar-refractivity contribution in [3.8, 4) is 0 Å². The number of nitrogens with zero attached hydrogens (tertiary/aromatic N) is 3. The van der Waals surface area contributed by atoms with Crippen LogP contribution >= 0.6 is 0 Å². The molecule has 40 heavy (non-hydrogen) atoms. The standard InChI is InChI=1S/C28H30N6O3S.C2H6/c35-27(34-19-17-29-18-20-34)22-10-12-23(13-11-22)31-28-30-16-4-7-26(32-28)21-8-14-24(15-9-21)33-38(36,37)25-5-2-1-3-6-25;1-2/h1-3,5-6,8-15,29,33H,4,7,16-20H2,(H,30,31);1-2H3. The molecule has 1 amide bonds. The van der Waals surface area contributed by atoms with E-state index in [0.717, 1.165) is 42.9 Å². The van der Waals surface area contributed by atoms with Gasteiger partial charge in [-0.2, -0.15) is 0 Å². The Morgan fingerprint density at radius 3 is 2.20 bits per heavy atom. The first-order chi connectivity index (χ1) is 19.5. The molecule has 2 heterocycles. The zero-order chi connectivity index (χ0) is 28.4. The van der Waals surface area contributed by atoms with Gasteiger partial charge in [-0.15, -0.1) is 0 Å². The highest BCUT2D eigenvalue weighted by Gasteiger charge is 2.18. The van der Waals surface area contributed by atoms with Crippen LogP contribution in [0.25, 0.3) is 0 Å². The summed E-state index contributed by atoms with van der Waals surface area (Å²) >= 11 is 0. The molecule has 0 aromatic heterocycles. The molecular formula is C30H36N6O3S. The highest BCUT2D eigenvalue weighted by molar-refractivity contribution is 7.92. The number of guanidine groups is 1. The van der Waals surface area contributed by atoms with Crippen molar-refractivity contribution in [2.24, 2.45) is 9.98 Å². The molecule has 2 aliphatic rings. The Morgan fingerprint density at radius 2 is 1.52 bits per heavy atom. The van der Waals surface area contributed by atoms with Gasteiger partial charge in [-0.05, 0) is 66.9 Å². The van der Waals surface area contributed by atoms with E-state index in [9.17, 15) is 13.2 Å². The SMILES string of the molecule is CC.O=C(c1ccc(NC2=NCCCC(c3ccc(NS(=O)(=O)c4ccccc4)cc3)=N2)cc1)N1CCNCC1.